The monoisotopic (exact) mass is 488 g/mol. The van der Waals surface area contributed by atoms with Crippen molar-refractivity contribution in [3.05, 3.63) is 98.0 Å². The van der Waals surface area contributed by atoms with Crippen molar-refractivity contribution in [3.8, 4) is 11.8 Å². The molecule has 3 aromatic carbocycles. The van der Waals surface area contributed by atoms with Crippen molar-refractivity contribution in [2.45, 2.75) is 34.3 Å². The van der Waals surface area contributed by atoms with Gasteiger partial charge in [0.05, 0.1) is 0 Å². The maximum absolute atomic E-state index is 12.7. The standard InChI is InChI=1S/C27H25BrN2O2/c1-17-9-18(2)11-21(10-17)16-32-26-8-6-24(28)14-22(26)13-23(15-29)27(31)30-25-7-5-19(3)20(4)12-25/h5-14H,16H2,1-4H3,(H,30,31)/b23-13+. The molecule has 5 heteroatoms. The highest BCUT2D eigenvalue weighted by molar-refractivity contribution is 9.10. The van der Waals surface area contributed by atoms with Crippen molar-refractivity contribution < 1.29 is 9.53 Å². The molecule has 0 aliphatic carbocycles. The summed E-state index contributed by atoms with van der Waals surface area (Å²) >= 11 is 3.46. The molecule has 0 bridgehead atoms. The Morgan fingerprint density at radius 1 is 1.00 bits per heavy atom. The minimum atomic E-state index is -0.462. The second-order valence-electron chi connectivity index (χ2n) is 7.89. The molecule has 0 fully saturated rings. The van der Waals surface area contributed by atoms with Gasteiger partial charge in [0.2, 0.25) is 0 Å². The molecule has 1 amide bonds. The summed E-state index contributed by atoms with van der Waals surface area (Å²) in [7, 11) is 0. The molecule has 0 spiro atoms. The lowest BCUT2D eigenvalue weighted by Crippen LogP contribution is -2.13. The van der Waals surface area contributed by atoms with Gasteiger partial charge in [0.25, 0.3) is 5.91 Å². The second-order valence-corrected chi connectivity index (χ2v) is 8.81. The van der Waals surface area contributed by atoms with Crippen molar-refractivity contribution in [2.24, 2.45) is 0 Å². The van der Waals surface area contributed by atoms with Crippen molar-refractivity contribution in [1.29, 1.82) is 5.26 Å². The average Bonchev–Trinajstić information content (AvgIpc) is 2.73. The van der Waals surface area contributed by atoms with Gasteiger partial charge in [-0.3, -0.25) is 4.79 Å². The average molecular weight is 489 g/mol. The minimum Gasteiger partial charge on any atom is -0.488 e. The van der Waals surface area contributed by atoms with Crippen LogP contribution in [-0.4, -0.2) is 5.91 Å². The number of ether oxygens (including phenoxy) is 1. The quantitative estimate of drug-likeness (QED) is 0.306. The Labute approximate surface area is 197 Å². The van der Waals surface area contributed by atoms with Gasteiger partial charge < -0.3 is 10.1 Å². The zero-order valence-corrected chi connectivity index (χ0v) is 20.2. The van der Waals surface area contributed by atoms with Crippen molar-refractivity contribution >= 4 is 33.6 Å². The molecule has 0 saturated heterocycles. The molecule has 0 aliphatic heterocycles. The number of carbonyl (C=O) groups excluding carboxylic acids is 1. The number of anilines is 1. The van der Waals surface area contributed by atoms with E-state index in [0.29, 0.717) is 23.6 Å². The molecule has 162 valence electrons. The van der Waals surface area contributed by atoms with Gasteiger partial charge in [-0.05, 0) is 80.8 Å². The summed E-state index contributed by atoms with van der Waals surface area (Å²) in [6, 6.07) is 19.5. The Bertz CT molecular complexity index is 1220. The summed E-state index contributed by atoms with van der Waals surface area (Å²) in [4.78, 5) is 12.7. The first kappa shape index (κ1) is 23.3. The molecule has 32 heavy (non-hydrogen) atoms. The third-order valence-corrected chi connectivity index (χ3v) is 5.57. The van der Waals surface area contributed by atoms with Crippen LogP contribution in [0.2, 0.25) is 0 Å². The largest absolute Gasteiger partial charge is 0.488 e. The zero-order valence-electron chi connectivity index (χ0n) is 18.6. The van der Waals surface area contributed by atoms with E-state index in [1.54, 1.807) is 6.08 Å². The van der Waals surface area contributed by atoms with Crippen molar-refractivity contribution in [2.75, 3.05) is 5.32 Å². The first-order chi connectivity index (χ1) is 15.2. The summed E-state index contributed by atoms with van der Waals surface area (Å²) in [5.41, 5.74) is 6.92. The lowest BCUT2D eigenvalue weighted by molar-refractivity contribution is -0.112. The molecular weight excluding hydrogens is 464 g/mol. The minimum absolute atomic E-state index is 0.00224. The van der Waals surface area contributed by atoms with Gasteiger partial charge in [0.15, 0.2) is 0 Å². The summed E-state index contributed by atoms with van der Waals surface area (Å²) < 4.78 is 6.88. The SMILES string of the molecule is Cc1cc(C)cc(COc2ccc(Br)cc2/C=C(\C#N)C(=O)Nc2ccc(C)c(C)c2)c1. The zero-order chi connectivity index (χ0) is 23.3. The van der Waals surface area contributed by atoms with Crippen LogP contribution in [0.4, 0.5) is 5.69 Å². The molecule has 0 aliphatic rings. The predicted octanol–water partition coefficient (Wildman–Crippen LogP) is 6.81. The predicted molar refractivity (Wildman–Crippen MR) is 133 cm³/mol. The molecule has 0 aromatic heterocycles. The first-order valence-electron chi connectivity index (χ1n) is 10.2. The topological polar surface area (TPSA) is 62.1 Å². The van der Waals surface area contributed by atoms with Gasteiger partial charge in [0.1, 0.15) is 24.0 Å². The highest BCUT2D eigenvalue weighted by Crippen LogP contribution is 2.27. The van der Waals surface area contributed by atoms with Gasteiger partial charge in [-0.2, -0.15) is 5.26 Å². The summed E-state index contributed by atoms with van der Waals surface area (Å²) in [5, 5.41) is 12.4. The first-order valence-corrected chi connectivity index (χ1v) is 11.0. The number of amides is 1. The van der Waals surface area contributed by atoms with Crippen LogP contribution in [0, 0.1) is 39.0 Å². The maximum Gasteiger partial charge on any atom is 0.266 e. The number of hydrogen-bond donors (Lipinski definition) is 1. The van der Waals surface area contributed by atoms with E-state index >= 15 is 0 Å². The third kappa shape index (κ3) is 6.09. The number of rotatable bonds is 6. The molecule has 4 nitrogen and oxygen atoms in total. The van der Waals surface area contributed by atoms with Crippen LogP contribution in [0.1, 0.15) is 33.4 Å². The van der Waals surface area contributed by atoms with E-state index in [0.717, 1.165) is 21.2 Å². The third-order valence-electron chi connectivity index (χ3n) is 5.08. The fourth-order valence-electron chi connectivity index (χ4n) is 3.40. The van der Waals surface area contributed by atoms with Crippen molar-refractivity contribution in [3.63, 3.8) is 0 Å². The van der Waals surface area contributed by atoms with Crippen LogP contribution in [0.3, 0.4) is 0 Å². The van der Waals surface area contributed by atoms with E-state index in [9.17, 15) is 10.1 Å². The van der Waals surface area contributed by atoms with Crippen LogP contribution in [0.15, 0.2) is 64.6 Å². The normalized spacial score (nSPS) is 11.1. The number of carbonyl (C=O) groups is 1. The Morgan fingerprint density at radius 3 is 2.38 bits per heavy atom. The highest BCUT2D eigenvalue weighted by atomic mass is 79.9. The molecule has 0 saturated carbocycles. The Morgan fingerprint density at radius 2 is 1.72 bits per heavy atom. The molecule has 0 unspecified atom stereocenters. The number of nitrogens with one attached hydrogen (secondary N) is 1. The molecule has 3 aromatic rings. The fraction of sp³-hybridized carbons (Fsp3) is 0.185. The molecule has 0 atom stereocenters. The van der Waals surface area contributed by atoms with E-state index in [1.165, 1.54) is 11.1 Å². The second kappa shape index (κ2) is 10.3. The summed E-state index contributed by atoms with van der Waals surface area (Å²) in [5.74, 6) is 0.134. The number of nitriles is 1. The molecule has 1 N–H and O–H groups in total. The molecule has 3 rings (SSSR count). The number of halogens is 1. The summed E-state index contributed by atoms with van der Waals surface area (Å²) in [6.45, 7) is 8.48. The van der Waals surface area contributed by atoms with Gasteiger partial charge in [-0.25, -0.2) is 0 Å². The van der Waals surface area contributed by atoms with Crippen LogP contribution in [0.25, 0.3) is 6.08 Å². The molecular formula is C27H25BrN2O2. The fourth-order valence-corrected chi connectivity index (χ4v) is 3.78. The Hall–Kier alpha value is -3.36. The van der Waals surface area contributed by atoms with Crippen LogP contribution < -0.4 is 10.1 Å². The maximum atomic E-state index is 12.7. The number of benzene rings is 3. The Kier molecular flexibility index (Phi) is 7.50. The highest BCUT2D eigenvalue weighted by Gasteiger charge is 2.13. The van der Waals surface area contributed by atoms with E-state index in [-0.39, 0.29) is 5.57 Å². The van der Waals surface area contributed by atoms with Crippen molar-refractivity contribution in [1.82, 2.24) is 0 Å². The van der Waals surface area contributed by atoms with E-state index in [1.807, 2.05) is 56.3 Å². The van der Waals surface area contributed by atoms with Crippen LogP contribution in [0.5, 0.6) is 5.75 Å². The lowest BCUT2D eigenvalue weighted by Gasteiger charge is -2.12. The van der Waals surface area contributed by atoms with E-state index < -0.39 is 5.91 Å². The molecule has 0 radical (unpaired) electrons. The lowest BCUT2D eigenvalue weighted by atomic mass is 10.1. The number of aryl methyl sites for hydroxylation is 4. The van der Waals surface area contributed by atoms with E-state index in [4.69, 9.17) is 4.74 Å². The smallest absolute Gasteiger partial charge is 0.266 e. The number of hydrogen-bond acceptors (Lipinski definition) is 3. The van der Waals surface area contributed by atoms with Gasteiger partial charge in [-0.1, -0.05) is 51.3 Å². The molecule has 0 heterocycles. The summed E-state index contributed by atoms with van der Waals surface area (Å²) in [6.07, 6.45) is 1.55. The van der Waals surface area contributed by atoms with Crippen LogP contribution in [-0.2, 0) is 11.4 Å². The van der Waals surface area contributed by atoms with Crippen LogP contribution >= 0.6 is 15.9 Å². The Balaban J connectivity index is 1.84. The number of nitrogens with zero attached hydrogens (tertiary/aromatic N) is 1. The van der Waals surface area contributed by atoms with Gasteiger partial charge in [0, 0.05) is 15.7 Å². The van der Waals surface area contributed by atoms with E-state index in [2.05, 4.69) is 53.3 Å². The van der Waals surface area contributed by atoms with Gasteiger partial charge in [-0.15, -0.1) is 0 Å². The van der Waals surface area contributed by atoms with Gasteiger partial charge >= 0.3 is 0 Å².